The maximum absolute atomic E-state index is 10.9. The van der Waals surface area contributed by atoms with Crippen LogP contribution in [-0.2, 0) is 6.54 Å². The Hall–Kier alpha value is -0.940. The van der Waals surface area contributed by atoms with E-state index in [-0.39, 0.29) is 10.6 Å². The van der Waals surface area contributed by atoms with E-state index in [1.165, 1.54) is 18.9 Å². The molecule has 1 fully saturated rings. The largest absolute Gasteiger partial charge is 0.296 e. The molecule has 1 heterocycles. The van der Waals surface area contributed by atoms with Crippen molar-refractivity contribution in [3.8, 4) is 0 Å². The molecule has 1 aromatic rings. The van der Waals surface area contributed by atoms with Crippen LogP contribution in [0.4, 0.5) is 5.69 Å². The van der Waals surface area contributed by atoms with Gasteiger partial charge in [-0.25, -0.2) is 0 Å². The molecule has 1 atom stereocenters. The lowest BCUT2D eigenvalue weighted by atomic mass is 10.0. The molecule has 1 aliphatic heterocycles. The summed E-state index contributed by atoms with van der Waals surface area (Å²) < 4.78 is 0.620. The van der Waals surface area contributed by atoms with Crippen molar-refractivity contribution in [2.75, 3.05) is 6.54 Å². The van der Waals surface area contributed by atoms with Crippen LogP contribution in [0.5, 0.6) is 0 Å². The van der Waals surface area contributed by atoms with Gasteiger partial charge in [-0.2, -0.15) is 0 Å². The molecule has 2 rings (SSSR count). The first-order chi connectivity index (χ1) is 9.00. The smallest absolute Gasteiger partial charge is 0.283 e. The summed E-state index contributed by atoms with van der Waals surface area (Å²) in [6, 6.07) is 5.86. The van der Waals surface area contributed by atoms with Crippen LogP contribution >= 0.6 is 15.9 Å². The molecule has 0 saturated carbocycles. The predicted molar refractivity (Wildman–Crippen MR) is 79.1 cm³/mol. The van der Waals surface area contributed by atoms with Crippen molar-refractivity contribution in [3.63, 3.8) is 0 Å². The Labute approximate surface area is 122 Å². The van der Waals surface area contributed by atoms with Gasteiger partial charge in [0, 0.05) is 18.7 Å². The number of halogens is 1. The number of nitro benzene ring substituents is 1. The molecule has 1 aromatic carbocycles. The van der Waals surface area contributed by atoms with Gasteiger partial charge in [0.25, 0.3) is 5.69 Å². The van der Waals surface area contributed by atoms with Crippen LogP contribution in [0.25, 0.3) is 0 Å². The minimum atomic E-state index is -0.336. The van der Waals surface area contributed by atoms with E-state index in [0.29, 0.717) is 16.4 Å². The summed E-state index contributed by atoms with van der Waals surface area (Å²) in [7, 11) is 0. The van der Waals surface area contributed by atoms with Crippen LogP contribution < -0.4 is 0 Å². The quantitative estimate of drug-likeness (QED) is 0.621. The zero-order chi connectivity index (χ0) is 14.0. The molecule has 1 saturated heterocycles. The lowest BCUT2D eigenvalue weighted by Crippen LogP contribution is -2.32. The highest BCUT2D eigenvalue weighted by Gasteiger charge is 2.28. The van der Waals surface area contributed by atoms with Crippen LogP contribution in [0, 0.1) is 16.0 Å². The van der Waals surface area contributed by atoms with Crippen LogP contribution in [0.2, 0.25) is 0 Å². The van der Waals surface area contributed by atoms with E-state index in [0.717, 1.165) is 18.7 Å². The molecule has 19 heavy (non-hydrogen) atoms. The minimum absolute atomic E-state index is 0.151. The van der Waals surface area contributed by atoms with Gasteiger partial charge in [-0.05, 0) is 46.8 Å². The molecule has 0 aromatic heterocycles. The van der Waals surface area contributed by atoms with Crippen molar-refractivity contribution in [1.82, 2.24) is 4.90 Å². The monoisotopic (exact) mass is 326 g/mol. The zero-order valence-corrected chi connectivity index (χ0v) is 12.9. The van der Waals surface area contributed by atoms with Crippen molar-refractivity contribution >= 4 is 21.6 Å². The molecule has 5 heteroatoms. The minimum Gasteiger partial charge on any atom is -0.296 e. The highest BCUT2D eigenvalue weighted by molar-refractivity contribution is 9.10. The molecule has 4 nitrogen and oxygen atoms in total. The highest BCUT2D eigenvalue weighted by Crippen LogP contribution is 2.32. The molecular weight excluding hydrogens is 308 g/mol. The predicted octanol–water partition coefficient (Wildman–Crippen LogP) is 3.98. The lowest BCUT2D eigenvalue weighted by Gasteiger charge is -2.27. The van der Waals surface area contributed by atoms with Crippen LogP contribution in [0.1, 0.15) is 32.3 Å². The van der Waals surface area contributed by atoms with Gasteiger partial charge in [0.15, 0.2) is 0 Å². The van der Waals surface area contributed by atoms with Crippen molar-refractivity contribution in [2.24, 2.45) is 5.92 Å². The van der Waals surface area contributed by atoms with Gasteiger partial charge in [-0.3, -0.25) is 15.0 Å². The van der Waals surface area contributed by atoms with E-state index < -0.39 is 0 Å². The van der Waals surface area contributed by atoms with E-state index in [4.69, 9.17) is 0 Å². The Balaban J connectivity index is 2.19. The van der Waals surface area contributed by atoms with E-state index >= 15 is 0 Å². The van der Waals surface area contributed by atoms with Crippen LogP contribution in [-0.4, -0.2) is 22.4 Å². The first-order valence-electron chi connectivity index (χ1n) is 6.66. The number of nitrogens with zero attached hydrogens (tertiary/aromatic N) is 2. The molecule has 0 radical (unpaired) electrons. The number of hydrogen-bond donors (Lipinski definition) is 0. The molecule has 104 valence electrons. The second-order valence-electron chi connectivity index (χ2n) is 5.43. The zero-order valence-electron chi connectivity index (χ0n) is 11.3. The van der Waals surface area contributed by atoms with Gasteiger partial charge in [-0.15, -0.1) is 0 Å². The number of nitro groups is 1. The van der Waals surface area contributed by atoms with Crippen LogP contribution in [0.3, 0.4) is 0 Å². The van der Waals surface area contributed by atoms with Crippen molar-refractivity contribution < 1.29 is 4.92 Å². The van der Waals surface area contributed by atoms with Gasteiger partial charge < -0.3 is 0 Å². The first-order valence-corrected chi connectivity index (χ1v) is 7.46. The highest BCUT2D eigenvalue weighted by atomic mass is 79.9. The fourth-order valence-electron chi connectivity index (χ4n) is 2.85. The molecular formula is C14H19BrN2O2. The van der Waals surface area contributed by atoms with Crippen molar-refractivity contribution in [1.29, 1.82) is 0 Å². The Morgan fingerprint density at radius 1 is 1.53 bits per heavy atom. The fourth-order valence-corrected chi connectivity index (χ4v) is 3.39. The maximum atomic E-state index is 10.9. The van der Waals surface area contributed by atoms with Gasteiger partial charge in [0.2, 0.25) is 0 Å². The van der Waals surface area contributed by atoms with E-state index in [1.807, 2.05) is 6.07 Å². The topological polar surface area (TPSA) is 46.4 Å². The van der Waals surface area contributed by atoms with Crippen molar-refractivity contribution in [3.05, 3.63) is 38.3 Å². The summed E-state index contributed by atoms with van der Waals surface area (Å²) in [5.41, 5.74) is 1.15. The number of benzene rings is 1. The standard InChI is InChI=1S/C14H19BrN2O2/c1-10(2)12-7-4-8-16(12)9-11-5-3-6-13(14(11)15)17(18)19/h3,5-6,10,12H,4,7-9H2,1-2H3. The Kier molecular flexibility index (Phi) is 4.58. The second kappa shape index (κ2) is 6.01. The summed E-state index contributed by atoms with van der Waals surface area (Å²) in [5, 5.41) is 10.9. The molecule has 0 spiro atoms. The molecule has 0 amide bonds. The number of hydrogen-bond acceptors (Lipinski definition) is 3. The number of likely N-dealkylation sites (tertiary alicyclic amines) is 1. The van der Waals surface area contributed by atoms with Gasteiger partial charge in [-0.1, -0.05) is 26.0 Å². The summed E-state index contributed by atoms with van der Waals surface area (Å²) in [6.07, 6.45) is 2.44. The normalized spacial score (nSPS) is 20.1. The molecule has 0 N–H and O–H groups in total. The first kappa shape index (κ1) is 14.5. The third kappa shape index (κ3) is 3.15. The van der Waals surface area contributed by atoms with Crippen molar-refractivity contribution in [2.45, 2.75) is 39.3 Å². The Morgan fingerprint density at radius 3 is 2.89 bits per heavy atom. The fraction of sp³-hybridized carbons (Fsp3) is 0.571. The molecule has 1 unspecified atom stereocenters. The Bertz CT molecular complexity index is 477. The lowest BCUT2D eigenvalue weighted by molar-refractivity contribution is -0.385. The summed E-state index contributed by atoms with van der Waals surface area (Å²) in [5.74, 6) is 0.625. The molecule has 1 aliphatic rings. The molecule has 0 aliphatic carbocycles. The Morgan fingerprint density at radius 2 is 2.26 bits per heavy atom. The second-order valence-corrected chi connectivity index (χ2v) is 6.22. The van der Waals surface area contributed by atoms with Gasteiger partial charge in [0.05, 0.1) is 9.40 Å². The van der Waals surface area contributed by atoms with Crippen LogP contribution in [0.15, 0.2) is 22.7 Å². The van der Waals surface area contributed by atoms with E-state index in [1.54, 1.807) is 6.07 Å². The average molecular weight is 327 g/mol. The maximum Gasteiger partial charge on any atom is 0.283 e. The summed E-state index contributed by atoms with van der Waals surface area (Å²) in [4.78, 5) is 13.0. The van der Waals surface area contributed by atoms with E-state index in [9.17, 15) is 10.1 Å². The number of rotatable bonds is 4. The van der Waals surface area contributed by atoms with E-state index in [2.05, 4.69) is 34.7 Å². The third-order valence-electron chi connectivity index (χ3n) is 3.81. The summed E-state index contributed by atoms with van der Waals surface area (Å²) >= 11 is 3.38. The third-order valence-corrected chi connectivity index (χ3v) is 4.73. The van der Waals surface area contributed by atoms with Gasteiger partial charge >= 0.3 is 0 Å². The average Bonchev–Trinajstić information content (AvgIpc) is 2.79. The molecule has 0 bridgehead atoms. The van der Waals surface area contributed by atoms with Gasteiger partial charge in [0.1, 0.15) is 0 Å². The SMILES string of the molecule is CC(C)C1CCCN1Cc1cccc([N+](=O)[O-])c1Br. The summed E-state index contributed by atoms with van der Waals surface area (Å²) in [6.45, 7) is 6.35.